The highest BCUT2D eigenvalue weighted by molar-refractivity contribution is 7.09. The van der Waals surface area contributed by atoms with Crippen LogP contribution >= 0.6 is 11.3 Å². The summed E-state index contributed by atoms with van der Waals surface area (Å²) >= 11 is 1.69. The van der Waals surface area contributed by atoms with Crippen molar-refractivity contribution in [3.8, 4) is 5.69 Å². The van der Waals surface area contributed by atoms with E-state index in [1.807, 2.05) is 23.9 Å². The fraction of sp³-hybridized carbons (Fsp3) is 0.316. The Morgan fingerprint density at radius 3 is 2.73 bits per heavy atom. The van der Waals surface area contributed by atoms with Crippen LogP contribution in [-0.4, -0.2) is 33.8 Å². The maximum Gasteiger partial charge on any atom is 0.191 e. The van der Waals surface area contributed by atoms with Crippen LogP contribution in [0, 0.1) is 6.92 Å². The largest absolute Gasteiger partial charge is 0.357 e. The summed E-state index contributed by atoms with van der Waals surface area (Å²) < 4.78 is 1.85. The molecule has 0 saturated heterocycles. The molecule has 0 saturated carbocycles. The van der Waals surface area contributed by atoms with E-state index in [1.165, 1.54) is 0 Å². The summed E-state index contributed by atoms with van der Waals surface area (Å²) in [6.07, 6.45) is 4.61. The minimum atomic E-state index is 0.629. The average Bonchev–Trinajstić information content (AvgIpc) is 3.32. The van der Waals surface area contributed by atoms with Crippen LogP contribution in [0.15, 0.2) is 53.1 Å². The van der Waals surface area contributed by atoms with Gasteiger partial charge >= 0.3 is 0 Å². The van der Waals surface area contributed by atoms with Gasteiger partial charge in [0.05, 0.1) is 22.9 Å². The molecule has 0 radical (unpaired) electrons. The Kier molecular flexibility index (Phi) is 6.38. The molecule has 3 rings (SSSR count). The Labute approximate surface area is 158 Å². The lowest BCUT2D eigenvalue weighted by molar-refractivity contribution is 0.790. The molecular formula is C19H24N6S. The van der Waals surface area contributed by atoms with E-state index >= 15 is 0 Å². The number of hydrogen-bond acceptors (Lipinski definition) is 4. The number of hydrogen-bond donors (Lipinski definition) is 2. The van der Waals surface area contributed by atoms with Crippen LogP contribution < -0.4 is 10.6 Å². The average molecular weight is 369 g/mol. The fourth-order valence-electron chi connectivity index (χ4n) is 2.52. The van der Waals surface area contributed by atoms with Crippen molar-refractivity contribution in [1.29, 1.82) is 0 Å². The molecule has 0 atom stereocenters. The summed E-state index contributed by atoms with van der Waals surface area (Å²) in [6, 6.07) is 10.2. The number of aryl methyl sites for hydroxylation is 1. The molecule has 3 aromatic rings. The monoisotopic (exact) mass is 368 g/mol. The molecule has 0 fully saturated rings. The Hall–Kier alpha value is -2.67. The van der Waals surface area contributed by atoms with Crippen LogP contribution in [0.3, 0.4) is 0 Å². The summed E-state index contributed by atoms with van der Waals surface area (Å²) in [5, 5.41) is 14.1. The van der Waals surface area contributed by atoms with E-state index < -0.39 is 0 Å². The zero-order valence-electron chi connectivity index (χ0n) is 15.1. The van der Waals surface area contributed by atoms with Gasteiger partial charge in [-0.2, -0.15) is 5.10 Å². The smallest absolute Gasteiger partial charge is 0.191 e. The molecule has 0 aliphatic heterocycles. The van der Waals surface area contributed by atoms with Gasteiger partial charge in [-0.05, 0) is 37.6 Å². The fourth-order valence-corrected chi connectivity index (χ4v) is 3.17. The molecule has 0 aliphatic carbocycles. The molecule has 7 heteroatoms. The van der Waals surface area contributed by atoms with Crippen molar-refractivity contribution in [3.05, 3.63) is 64.4 Å². The second-order valence-electron chi connectivity index (χ2n) is 5.85. The van der Waals surface area contributed by atoms with Gasteiger partial charge in [-0.25, -0.2) is 14.7 Å². The summed E-state index contributed by atoms with van der Waals surface area (Å²) in [5.74, 6) is 0.829. The van der Waals surface area contributed by atoms with Crippen molar-refractivity contribution in [1.82, 2.24) is 25.4 Å². The zero-order valence-corrected chi connectivity index (χ0v) is 16.0. The molecule has 0 bridgehead atoms. The highest BCUT2D eigenvalue weighted by atomic mass is 32.1. The first kappa shape index (κ1) is 18.1. The lowest BCUT2D eigenvalue weighted by Gasteiger charge is -2.11. The SMILES string of the molecule is CCNC(=NCc1ccc(-n2cccn2)cc1)NCCc1csc(C)n1. The Balaban J connectivity index is 1.54. The van der Waals surface area contributed by atoms with Gasteiger partial charge in [0.15, 0.2) is 5.96 Å². The van der Waals surface area contributed by atoms with Crippen LogP contribution in [0.4, 0.5) is 0 Å². The number of thiazole rings is 1. The lowest BCUT2D eigenvalue weighted by atomic mass is 10.2. The van der Waals surface area contributed by atoms with Crippen molar-refractivity contribution in [3.63, 3.8) is 0 Å². The van der Waals surface area contributed by atoms with E-state index in [9.17, 15) is 0 Å². The second kappa shape index (κ2) is 9.15. The molecular weight excluding hydrogens is 344 g/mol. The number of aromatic nitrogens is 3. The number of nitrogens with zero attached hydrogens (tertiary/aromatic N) is 4. The van der Waals surface area contributed by atoms with E-state index in [1.54, 1.807) is 17.5 Å². The first-order valence-corrected chi connectivity index (χ1v) is 9.64. The summed E-state index contributed by atoms with van der Waals surface area (Å²) in [4.78, 5) is 9.15. The first-order chi connectivity index (χ1) is 12.7. The molecule has 1 aromatic carbocycles. The number of guanidine groups is 1. The molecule has 0 unspecified atom stereocenters. The van der Waals surface area contributed by atoms with E-state index in [4.69, 9.17) is 0 Å². The third kappa shape index (κ3) is 5.16. The number of benzene rings is 1. The molecule has 2 aromatic heterocycles. The maximum atomic E-state index is 4.67. The third-order valence-electron chi connectivity index (χ3n) is 3.81. The van der Waals surface area contributed by atoms with Crippen molar-refractivity contribution in [2.24, 2.45) is 4.99 Å². The normalized spacial score (nSPS) is 11.5. The number of aliphatic imine (C=N–C) groups is 1. The Morgan fingerprint density at radius 2 is 2.08 bits per heavy atom. The van der Waals surface area contributed by atoms with Crippen LogP contribution in [0.2, 0.25) is 0 Å². The van der Waals surface area contributed by atoms with Crippen molar-refractivity contribution >= 4 is 17.3 Å². The summed E-state index contributed by atoms with van der Waals surface area (Å²) in [7, 11) is 0. The van der Waals surface area contributed by atoms with Crippen molar-refractivity contribution in [2.45, 2.75) is 26.8 Å². The quantitative estimate of drug-likeness (QED) is 0.497. The van der Waals surface area contributed by atoms with Crippen LogP contribution in [0.25, 0.3) is 5.69 Å². The molecule has 26 heavy (non-hydrogen) atoms. The van der Waals surface area contributed by atoms with Gasteiger partial charge in [-0.15, -0.1) is 11.3 Å². The van der Waals surface area contributed by atoms with Crippen LogP contribution in [-0.2, 0) is 13.0 Å². The molecule has 0 spiro atoms. The highest BCUT2D eigenvalue weighted by Crippen LogP contribution is 2.10. The predicted molar refractivity (Wildman–Crippen MR) is 107 cm³/mol. The summed E-state index contributed by atoms with van der Waals surface area (Å²) in [6.45, 7) is 6.38. The Bertz CT molecular complexity index is 820. The van der Waals surface area contributed by atoms with Gasteiger partial charge in [-0.3, -0.25) is 0 Å². The first-order valence-electron chi connectivity index (χ1n) is 8.76. The van der Waals surface area contributed by atoms with E-state index in [0.29, 0.717) is 6.54 Å². The molecule has 0 aliphatic rings. The van der Waals surface area contributed by atoms with Gasteiger partial charge in [0, 0.05) is 37.3 Å². The minimum absolute atomic E-state index is 0.629. The molecule has 2 N–H and O–H groups in total. The van der Waals surface area contributed by atoms with Crippen molar-refractivity contribution < 1.29 is 0 Å². The highest BCUT2D eigenvalue weighted by Gasteiger charge is 2.01. The van der Waals surface area contributed by atoms with Gasteiger partial charge < -0.3 is 10.6 Å². The van der Waals surface area contributed by atoms with E-state index in [0.717, 1.165) is 47.4 Å². The van der Waals surface area contributed by atoms with Gasteiger partial charge in [0.25, 0.3) is 0 Å². The lowest BCUT2D eigenvalue weighted by Crippen LogP contribution is -2.38. The second-order valence-corrected chi connectivity index (χ2v) is 6.91. The third-order valence-corrected chi connectivity index (χ3v) is 4.63. The van der Waals surface area contributed by atoms with Crippen LogP contribution in [0.1, 0.15) is 23.2 Å². The predicted octanol–water partition coefficient (Wildman–Crippen LogP) is 2.94. The zero-order chi connectivity index (χ0) is 18.2. The van der Waals surface area contributed by atoms with Crippen LogP contribution in [0.5, 0.6) is 0 Å². The number of nitrogens with one attached hydrogen (secondary N) is 2. The van der Waals surface area contributed by atoms with E-state index in [2.05, 4.69) is 62.3 Å². The number of rotatable bonds is 7. The molecule has 136 valence electrons. The molecule has 0 amide bonds. The molecule has 2 heterocycles. The van der Waals surface area contributed by atoms with Gasteiger partial charge in [0.2, 0.25) is 0 Å². The van der Waals surface area contributed by atoms with Gasteiger partial charge in [0.1, 0.15) is 0 Å². The van der Waals surface area contributed by atoms with Gasteiger partial charge in [-0.1, -0.05) is 12.1 Å². The molecule has 6 nitrogen and oxygen atoms in total. The topological polar surface area (TPSA) is 67.1 Å². The van der Waals surface area contributed by atoms with E-state index in [-0.39, 0.29) is 0 Å². The van der Waals surface area contributed by atoms with Crippen molar-refractivity contribution in [2.75, 3.05) is 13.1 Å². The minimum Gasteiger partial charge on any atom is -0.357 e. The standard InChI is InChI=1S/C19H24N6S/c1-3-20-19(21-11-9-17-14-26-15(2)24-17)22-13-16-5-7-18(8-6-16)25-12-4-10-23-25/h4-8,10,12,14H,3,9,11,13H2,1-2H3,(H2,20,21,22). The maximum absolute atomic E-state index is 4.67. The summed E-state index contributed by atoms with van der Waals surface area (Å²) in [5.41, 5.74) is 3.34. The Morgan fingerprint density at radius 1 is 1.23 bits per heavy atom.